The third-order valence-electron chi connectivity index (χ3n) is 3.14. The van der Waals surface area contributed by atoms with Gasteiger partial charge in [0.25, 0.3) is 0 Å². The van der Waals surface area contributed by atoms with Crippen LogP contribution in [0.4, 0.5) is 15.8 Å². The molecule has 88 valence electrons. The first-order valence-electron chi connectivity index (χ1n) is 5.49. The van der Waals surface area contributed by atoms with Crippen LogP contribution in [0.15, 0.2) is 12.1 Å². The van der Waals surface area contributed by atoms with Gasteiger partial charge in [-0.2, -0.15) is 0 Å². The fourth-order valence-corrected chi connectivity index (χ4v) is 1.81. The SMILES string of the molecule is COc1cc2c(cc1F)NCC(C)C(C)N2. The van der Waals surface area contributed by atoms with Gasteiger partial charge >= 0.3 is 0 Å². The second kappa shape index (κ2) is 4.20. The van der Waals surface area contributed by atoms with E-state index in [0.717, 1.165) is 17.9 Å². The summed E-state index contributed by atoms with van der Waals surface area (Å²) in [6.07, 6.45) is 0. The minimum absolute atomic E-state index is 0.273. The van der Waals surface area contributed by atoms with E-state index in [9.17, 15) is 4.39 Å². The van der Waals surface area contributed by atoms with Crippen molar-refractivity contribution in [2.24, 2.45) is 5.92 Å². The maximum atomic E-state index is 13.5. The monoisotopic (exact) mass is 224 g/mol. The Morgan fingerprint density at radius 1 is 1.31 bits per heavy atom. The number of hydrogen-bond donors (Lipinski definition) is 2. The largest absolute Gasteiger partial charge is 0.494 e. The van der Waals surface area contributed by atoms with Crippen LogP contribution in [-0.4, -0.2) is 19.7 Å². The van der Waals surface area contributed by atoms with Crippen LogP contribution in [-0.2, 0) is 0 Å². The molecule has 0 saturated carbocycles. The fourth-order valence-electron chi connectivity index (χ4n) is 1.81. The number of ether oxygens (including phenoxy) is 1. The Morgan fingerprint density at radius 2 is 2.06 bits per heavy atom. The molecule has 1 aliphatic rings. The summed E-state index contributed by atoms with van der Waals surface area (Å²) in [6, 6.07) is 3.53. The predicted octanol–water partition coefficient (Wildman–Crippen LogP) is 2.70. The lowest BCUT2D eigenvalue weighted by atomic mass is 10.0. The molecule has 0 spiro atoms. The normalized spacial score (nSPS) is 23.8. The lowest BCUT2D eigenvalue weighted by molar-refractivity contribution is 0.387. The Morgan fingerprint density at radius 3 is 2.75 bits per heavy atom. The Labute approximate surface area is 95.0 Å². The molecule has 0 amide bonds. The average Bonchev–Trinajstić information content (AvgIpc) is 2.39. The first kappa shape index (κ1) is 11.0. The van der Waals surface area contributed by atoms with Gasteiger partial charge in [-0.15, -0.1) is 0 Å². The number of halogens is 1. The second-order valence-electron chi connectivity index (χ2n) is 4.32. The summed E-state index contributed by atoms with van der Waals surface area (Å²) >= 11 is 0. The van der Waals surface area contributed by atoms with Crippen LogP contribution in [0.2, 0.25) is 0 Å². The van der Waals surface area contributed by atoms with Crippen molar-refractivity contribution in [1.29, 1.82) is 0 Å². The number of nitrogens with one attached hydrogen (secondary N) is 2. The van der Waals surface area contributed by atoms with Crippen LogP contribution in [0, 0.1) is 11.7 Å². The van der Waals surface area contributed by atoms with Crippen molar-refractivity contribution in [3.05, 3.63) is 17.9 Å². The molecule has 2 rings (SSSR count). The van der Waals surface area contributed by atoms with Gasteiger partial charge in [0.05, 0.1) is 18.5 Å². The minimum atomic E-state index is -0.335. The van der Waals surface area contributed by atoms with Crippen molar-refractivity contribution in [3.8, 4) is 5.75 Å². The van der Waals surface area contributed by atoms with Gasteiger partial charge < -0.3 is 15.4 Å². The first-order chi connectivity index (χ1) is 7.61. The zero-order chi connectivity index (χ0) is 11.7. The van der Waals surface area contributed by atoms with Gasteiger partial charge in [-0.25, -0.2) is 4.39 Å². The molecular formula is C12H17FN2O. The maximum Gasteiger partial charge on any atom is 0.167 e. The average molecular weight is 224 g/mol. The fraction of sp³-hybridized carbons (Fsp3) is 0.500. The maximum absolute atomic E-state index is 13.5. The quantitative estimate of drug-likeness (QED) is 0.769. The summed E-state index contributed by atoms with van der Waals surface area (Å²) in [5, 5.41) is 6.60. The second-order valence-corrected chi connectivity index (χ2v) is 4.32. The molecule has 2 unspecified atom stereocenters. The van der Waals surface area contributed by atoms with Gasteiger partial charge in [0.2, 0.25) is 0 Å². The molecule has 1 aromatic carbocycles. The Kier molecular flexibility index (Phi) is 2.90. The van der Waals surface area contributed by atoms with Crippen molar-refractivity contribution in [1.82, 2.24) is 0 Å². The smallest absolute Gasteiger partial charge is 0.167 e. The summed E-state index contributed by atoms with van der Waals surface area (Å²) in [5.41, 5.74) is 1.70. The number of benzene rings is 1. The van der Waals surface area contributed by atoms with Crippen LogP contribution < -0.4 is 15.4 Å². The van der Waals surface area contributed by atoms with Crippen molar-refractivity contribution >= 4 is 11.4 Å². The van der Waals surface area contributed by atoms with Gasteiger partial charge in [-0.05, 0) is 12.8 Å². The molecule has 0 aromatic heterocycles. The topological polar surface area (TPSA) is 33.3 Å². The van der Waals surface area contributed by atoms with Crippen molar-refractivity contribution < 1.29 is 9.13 Å². The van der Waals surface area contributed by atoms with Crippen LogP contribution >= 0.6 is 0 Å². The predicted molar refractivity (Wildman–Crippen MR) is 63.7 cm³/mol. The van der Waals surface area contributed by atoms with E-state index in [1.54, 1.807) is 6.07 Å². The minimum Gasteiger partial charge on any atom is -0.494 e. The summed E-state index contributed by atoms with van der Waals surface area (Å²) in [4.78, 5) is 0. The highest BCUT2D eigenvalue weighted by molar-refractivity contribution is 5.72. The Bertz CT molecular complexity index is 395. The van der Waals surface area contributed by atoms with E-state index >= 15 is 0 Å². The molecule has 3 nitrogen and oxygen atoms in total. The molecule has 16 heavy (non-hydrogen) atoms. The first-order valence-corrected chi connectivity index (χ1v) is 5.49. The van der Waals surface area contributed by atoms with E-state index in [2.05, 4.69) is 24.5 Å². The van der Waals surface area contributed by atoms with E-state index in [4.69, 9.17) is 4.74 Å². The summed E-state index contributed by atoms with van der Waals surface area (Å²) in [5.74, 6) is 0.425. The van der Waals surface area contributed by atoms with Crippen LogP contribution in [0.25, 0.3) is 0 Å². The van der Waals surface area contributed by atoms with Gasteiger partial charge in [0.1, 0.15) is 0 Å². The van der Waals surface area contributed by atoms with E-state index in [0.29, 0.717) is 12.0 Å². The Hall–Kier alpha value is -1.45. The van der Waals surface area contributed by atoms with Crippen LogP contribution in [0.5, 0.6) is 5.75 Å². The van der Waals surface area contributed by atoms with Crippen LogP contribution in [0.3, 0.4) is 0 Å². The molecule has 0 saturated heterocycles. The van der Waals surface area contributed by atoms with E-state index in [1.807, 2.05) is 0 Å². The van der Waals surface area contributed by atoms with Gasteiger partial charge in [0.15, 0.2) is 11.6 Å². The zero-order valence-electron chi connectivity index (χ0n) is 9.80. The van der Waals surface area contributed by atoms with Crippen molar-refractivity contribution in [2.75, 3.05) is 24.3 Å². The highest BCUT2D eigenvalue weighted by Gasteiger charge is 2.20. The van der Waals surface area contributed by atoms with Gasteiger partial charge in [-0.3, -0.25) is 0 Å². The lowest BCUT2D eigenvalue weighted by Gasteiger charge is -2.18. The van der Waals surface area contributed by atoms with Crippen molar-refractivity contribution in [3.63, 3.8) is 0 Å². The number of rotatable bonds is 1. The molecule has 1 aliphatic heterocycles. The number of fused-ring (bicyclic) bond motifs is 1. The van der Waals surface area contributed by atoms with E-state index in [1.165, 1.54) is 13.2 Å². The molecule has 0 fully saturated rings. The standard InChI is InChI=1S/C12H17FN2O/c1-7-6-14-10-4-9(13)12(16-3)5-11(10)15-8(7)2/h4-5,7-8,14-15H,6H2,1-3H3. The summed E-state index contributed by atoms with van der Waals surface area (Å²) in [7, 11) is 1.47. The summed E-state index contributed by atoms with van der Waals surface area (Å²) < 4.78 is 18.5. The van der Waals surface area contributed by atoms with Gasteiger partial charge in [-0.1, -0.05) is 6.92 Å². The molecule has 4 heteroatoms. The molecule has 0 aliphatic carbocycles. The van der Waals surface area contributed by atoms with Crippen LogP contribution in [0.1, 0.15) is 13.8 Å². The van der Waals surface area contributed by atoms with Gasteiger partial charge in [0, 0.05) is 24.7 Å². The van der Waals surface area contributed by atoms with E-state index < -0.39 is 0 Å². The number of hydrogen-bond acceptors (Lipinski definition) is 3. The molecule has 1 aromatic rings. The van der Waals surface area contributed by atoms with Crippen molar-refractivity contribution in [2.45, 2.75) is 19.9 Å². The van der Waals surface area contributed by atoms with E-state index in [-0.39, 0.29) is 11.6 Å². The zero-order valence-corrected chi connectivity index (χ0v) is 9.80. The highest BCUT2D eigenvalue weighted by Crippen LogP contribution is 2.33. The molecule has 2 N–H and O–H groups in total. The number of methoxy groups -OCH3 is 1. The lowest BCUT2D eigenvalue weighted by Crippen LogP contribution is -2.25. The molecule has 0 bridgehead atoms. The Balaban J connectivity index is 2.38. The molecule has 2 atom stereocenters. The molecule has 0 radical (unpaired) electrons. The number of anilines is 2. The third-order valence-corrected chi connectivity index (χ3v) is 3.14. The highest BCUT2D eigenvalue weighted by atomic mass is 19.1. The third kappa shape index (κ3) is 1.92. The summed E-state index contributed by atoms with van der Waals surface area (Å²) in [6.45, 7) is 5.12. The molecular weight excluding hydrogens is 207 g/mol. The molecule has 1 heterocycles.